The summed E-state index contributed by atoms with van der Waals surface area (Å²) in [5.74, 6) is 1.18. The number of furan rings is 1. The quantitative estimate of drug-likeness (QED) is 0.906. The first-order chi connectivity index (χ1) is 9.54. The van der Waals surface area contributed by atoms with Gasteiger partial charge in [0.1, 0.15) is 17.3 Å². The Balaban J connectivity index is 1.95. The minimum absolute atomic E-state index is 0.0136. The van der Waals surface area contributed by atoms with Crippen LogP contribution < -0.4 is 5.32 Å². The van der Waals surface area contributed by atoms with Crippen LogP contribution in [-0.4, -0.2) is 11.9 Å². The molecule has 1 N–H and O–H groups in total. The second-order valence-electron chi connectivity index (χ2n) is 5.00. The van der Waals surface area contributed by atoms with Crippen LogP contribution in [0.5, 0.6) is 0 Å². The number of hydrogen-bond donors (Lipinski definition) is 1. The zero-order valence-electron chi connectivity index (χ0n) is 11.7. The maximum atomic E-state index is 12.8. The number of amides is 1. The van der Waals surface area contributed by atoms with Crippen molar-refractivity contribution in [1.82, 2.24) is 5.32 Å². The topological polar surface area (TPSA) is 42.2 Å². The molecular formula is C16H18FNO2. The van der Waals surface area contributed by atoms with E-state index in [1.54, 1.807) is 12.1 Å². The molecule has 1 heterocycles. The van der Waals surface area contributed by atoms with Gasteiger partial charge in [0, 0.05) is 24.4 Å². The Morgan fingerprint density at radius 1 is 1.20 bits per heavy atom. The molecule has 0 atom stereocenters. The molecule has 1 aromatic carbocycles. The van der Waals surface area contributed by atoms with Crippen LogP contribution >= 0.6 is 0 Å². The van der Waals surface area contributed by atoms with Gasteiger partial charge in [-0.1, -0.05) is 0 Å². The van der Waals surface area contributed by atoms with Gasteiger partial charge in [-0.15, -0.1) is 0 Å². The number of benzene rings is 1. The maximum absolute atomic E-state index is 12.8. The summed E-state index contributed by atoms with van der Waals surface area (Å²) in [6, 6.07) is 9.96. The van der Waals surface area contributed by atoms with Gasteiger partial charge in [0.15, 0.2) is 0 Å². The van der Waals surface area contributed by atoms with E-state index in [0.717, 1.165) is 11.3 Å². The highest BCUT2D eigenvalue weighted by molar-refractivity contribution is 5.76. The average Bonchev–Trinajstić information content (AvgIpc) is 2.85. The van der Waals surface area contributed by atoms with Crippen LogP contribution in [0.3, 0.4) is 0 Å². The molecule has 0 aliphatic rings. The van der Waals surface area contributed by atoms with Crippen LogP contribution in [-0.2, 0) is 11.2 Å². The van der Waals surface area contributed by atoms with Crippen molar-refractivity contribution in [1.29, 1.82) is 0 Å². The number of rotatable bonds is 5. The third-order valence-electron chi connectivity index (χ3n) is 2.84. The summed E-state index contributed by atoms with van der Waals surface area (Å²) in [6.45, 7) is 3.86. The van der Waals surface area contributed by atoms with Crippen molar-refractivity contribution in [2.75, 3.05) is 0 Å². The van der Waals surface area contributed by atoms with Crippen molar-refractivity contribution in [3.05, 3.63) is 48.0 Å². The summed E-state index contributed by atoms with van der Waals surface area (Å²) in [5, 5.41) is 2.84. The summed E-state index contributed by atoms with van der Waals surface area (Å²) in [7, 11) is 0. The van der Waals surface area contributed by atoms with Gasteiger partial charge < -0.3 is 9.73 Å². The van der Waals surface area contributed by atoms with E-state index in [2.05, 4.69) is 5.32 Å². The molecular weight excluding hydrogens is 257 g/mol. The highest BCUT2D eigenvalue weighted by Crippen LogP contribution is 2.23. The normalized spacial score (nSPS) is 10.8. The highest BCUT2D eigenvalue weighted by Gasteiger charge is 2.08. The lowest BCUT2D eigenvalue weighted by Gasteiger charge is -2.06. The lowest BCUT2D eigenvalue weighted by molar-refractivity contribution is -0.121. The van der Waals surface area contributed by atoms with Gasteiger partial charge in [0.05, 0.1) is 0 Å². The van der Waals surface area contributed by atoms with Gasteiger partial charge in [-0.05, 0) is 50.2 Å². The molecule has 0 spiro atoms. The summed E-state index contributed by atoms with van der Waals surface area (Å²) in [6.07, 6.45) is 0.953. The first kappa shape index (κ1) is 14.3. The van der Waals surface area contributed by atoms with E-state index in [1.807, 2.05) is 26.0 Å². The van der Waals surface area contributed by atoms with Crippen molar-refractivity contribution in [3.8, 4) is 11.3 Å². The van der Waals surface area contributed by atoms with Crippen molar-refractivity contribution in [2.45, 2.75) is 32.7 Å². The van der Waals surface area contributed by atoms with Gasteiger partial charge in [-0.3, -0.25) is 4.79 Å². The Bertz CT molecular complexity index is 572. The summed E-state index contributed by atoms with van der Waals surface area (Å²) in [5.41, 5.74) is 0.823. The van der Waals surface area contributed by atoms with Crippen LogP contribution in [0.4, 0.5) is 4.39 Å². The van der Waals surface area contributed by atoms with Crippen LogP contribution in [0.2, 0.25) is 0 Å². The molecule has 1 amide bonds. The average molecular weight is 275 g/mol. The van der Waals surface area contributed by atoms with Crippen molar-refractivity contribution < 1.29 is 13.6 Å². The summed E-state index contributed by atoms with van der Waals surface area (Å²) < 4.78 is 18.5. The monoisotopic (exact) mass is 275 g/mol. The van der Waals surface area contributed by atoms with Crippen LogP contribution in [0.1, 0.15) is 26.0 Å². The predicted molar refractivity (Wildman–Crippen MR) is 75.7 cm³/mol. The third kappa shape index (κ3) is 3.95. The zero-order valence-corrected chi connectivity index (χ0v) is 11.7. The Labute approximate surface area is 117 Å². The maximum Gasteiger partial charge on any atom is 0.220 e. The van der Waals surface area contributed by atoms with Crippen LogP contribution in [0.25, 0.3) is 11.3 Å². The fourth-order valence-electron chi connectivity index (χ4n) is 1.91. The first-order valence-electron chi connectivity index (χ1n) is 6.68. The molecule has 0 aliphatic heterocycles. The molecule has 3 nitrogen and oxygen atoms in total. The molecule has 0 bridgehead atoms. The number of aryl methyl sites for hydroxylation is 1. The standard InChI is InChI=1S/C16H18FNO2/c1-11(2)18-16(19)10-8-14-7-9-15(20-14)12-3-5-13(17)6-4-12/h3-7,9,11H,8,10H2,1-2H3,(H,18,19). The van der Waals surface area contributed by atoms with Gasteiger partial charge in [-0.2, -0.15) is 0 Å². The number of carbonyl (C=O) groups excluding carboxylic acids is 1. The third-order valence-corrected chi connectivity index (χ3v) is 2.84. The van der Waals surface area contributed by atoms with Crippen LogP contribution in [0, 0.1) is 5.82 Å². The molecule has 1 aromatic heterocycles. The summed E-state index contributed by atoms with van der Waals surface area (Å²) in [4.78, 5) is 11.5. The van der Waals surface area contributed by atoms with E-state index >= 15 is 0 Å². The minimum Gasteiger partial charge on any atom is -0.461 e. The lowest BCUT2D eigenvalue weighted by Crippen LogP contribution is -2.30. The molecule has 0 saturated carbocycles. The van der Waals surface area contributed by atoms with Gasteiger partial charge in [0.25, 0.3) is 0 Å². The van der Waals surface area contributed by atoms with Crippen molar-refractivity contribution in [2.24, 2.45) is 0 Å². The first-order valence-corrected chi connectivity index (χ1v) is 6.68. The largest absolute Gasteiger partial charge is 0.461 e. The van der Waals surface area contributed by atoms with Crippen molar-refractivity contribution >= 4 is 5.91 Å². The smallest absolute Gasteiger partial charge is 0.220 e. The molecule has 4 heteroatoms. The van der Waals surface area contributed by atoms with E-state index in [9.17, 15) is 9.18 Å². The fraction of sp³-hybridized carbons (Fsp3) is 0.312. The van der Waals surface area contributed by atoms with E-state index in [0.29, 0.717) is 18.6 Å². The summed E-state index contributed by atoms with van der Waals surface area (Å²) >= 11 is 0. The Hall–Kier alpha value is -2.10. The van der Waals surface area contributed by atoms with Crippen LogP contribution in [0.15, 0.2) is 40.8 Å². The Morgan fingerprint density at radius 2 is 1.90 bits per heavy atom. The van der Waals surface area contributed by atoms with Gasteiger partial charge >= 0.3 is 0 Å². The number of carbonyl (C=O) groups is 1. The second-order valence-corrected chi connectivity index (χ2v) is 5.00. The Morgan fingerprint density at radius 3 is 2.55 bits per heavy atom. The van der Waals surface area contributed by atoms with E-state index in [-0.39, 0.29) is 17.8 Å². The molecule has 0 unspecified atom stereocenters. The van der Waals surface area contributed by atoms with Gasteiger partial charge in [0.2, 0.25) is 5.91 Å². The molecule has 20 heavy (non-hydrogen) atoms. The number of hydrogen-bond acceptors (Lipinski definition) is 2. The Kier molecular flexibility index (Phi) is 4.56. The molecule has 0 aliphatic carbocycles. The highest BCUT2D eigenvalue weighted by atomic mass is 19.1. The number of halogens is 1. The molecule has 2 rings (SSSR count). The zero-order chi connectivity index (χ0) is 14.5. The van der Waals surface area contributed by atoms with E-state index < -0.39 is 0 Å². The molecule has 106 valence electrons. The molecule has 0 fully saturated rings. The minimum atomic E-state index is -0.272. The SMILES string of the molecule is CC(C)NC(=O)CCc1ccc(-c2ccc(F)cc2)o1. The predicted octanol–water partition coefficient (Wildman–Crippen LogP) is 3.54. The van der Waals surface area contributed by atoms with Crippen molar-refractivity contribution in [3.63, 3.8) is 0 Å². The van der Waals surface area contributed by atoms with E-state index in [4.69, 9.17) is 4.42 Å². The molecule has 0 saturated heterocycles. The van der Waals surface area contributed by atoms with E-state index in [1.165, 1.54) is 12.1 Å². The second kappa shape index (κ2) is 6.37. The lowest BCUT2D eigenvalue weighted by atomic mass is 10.2. The molecule has 2 aromatic rings. The molecule has 0 radical (unpaired) electrons. The fourth-order valence-corrected chi connectivity index (χ4v) is 1.91. The number of nitrogens with one attached hydrogen (secondary N) is 1. The van der Waals surface area contributed by atoms with Gasteiger partial charge in [-0.25, -0.2) is 4.39 Å².